The summed E-state index contributed by atoms with van der Waals surface area (Å²) in [4.78, 5) is 20.9. The number of carbonyl (C=O) groups excluding carboxylic acids is 1. The van der Waals surface area contributed by atoms with Crippen LogP contribution in [0.15, 0.2) is 28.9 Å². The maximum Gasteiger partial charge on any atom is 0.277 e. The van der Waals surface area contributed by atoms with Crippen molar-refractivity contribution in [2.24, 2.45) is 0 Å². The number of hydroxylamine groups is 1. The lowest BCUT2D eigenvalue weighted by atomic mass is 10.1. The number of anilines is 2. The number of aryl methyl sites for hydroxylation is 1. The molecule has 0 aliphatic rings. The molecule has 0 atom stereocenters. The SMILES string of the molecule is Cc1ccc(Nc2c(C(=O)NOCCO)cc(Br)c(F)c2F)cn1. The maximum absolute atomic E-state index is 14.3. The molecule has 3 N–H and O–H groups in total. The summed E-state index contributed by atoms with van der Waals surface area (Å²) < 4.78 is 27.9. The van der Waals surface area contributed by atoms with Gasteiger partial charge in [-0.25, -0.2) is 14.3 Å². The Bertz CT molecular complexity index is 742. The quantitative estimate of drug-likeness (QED) is 0.393. The molecule has 2 aromatic rings. The fourth-order valence-electron chi connectivity index (χ4n) is 1.80. The minimum absolute atomic E-state index is 0.138. The number of hydrogen-bond donors (Lipinski definition) is 3. The Hall–Kier alpha value is -2.10. The Balaban J connectivity index is 2.38. The first-order chi connectivity index (χ1) is 11.4. The molecule has 0 aliphatic carbocycles. The van der Waals surface area contributed by atoms with Gasteiger partial charge in [0, 0.05) is 5.69 Å². The average molecular weight is 402 g/mol. The van der Waals surface area contributed by atoms with Crippen LogP contribution in [-0.2, 0) is 4.84 Å². The second-order valence-electron chi connectivity index (χ2n) is 4.73. The smallest absolute Gasteiger partial charge is 0.277 e. The third kappa shape index (κ3) is 4.25. The van der Waals surface area contributed by atoms with Gasteiger partial charge in [-0.3, -0.25) is 14.6 Å². The summed E-state index contributed by atoms with van der Waals surface area (Å²) in [6.07, 6.45) is 1.43. The number of nitrogens with zero attached hydrogens (tertiary/aromatic N) is 1. The predicted molar refractivity (Wildman–Crippen MR) is 86.8 cm³/mol. The molecule has 0 aliphatic heterocycles. The number of aliphatic hydroxyl groups is 1. The van der Waals surface area contributed by atoms with Crippen LogP contribution < -0.4 is 10.8 Å². The number of nitrogens with one attached hydrogen (secondary N) is 2. The molecule has 0 unspecified atom stereocenters. The van der Waals surface area contributed by atoms with E-state index in [9.17, 15) is 13.6 Å². The zero-order valence-electron chi connectivity index (χ0n) is 12.6. The van der Waals surface area contributed by atoms with Gasteiger partial charge in [-0.2, -0.15) is 0 Å². The minimum atomic E-state index is -1.22. The number of halogens is 3. The number of aliphatic hydroxyl groups excluding tert-OH is 1. The highest BCUT2D eigenvalue weighted by Gasteiger charge is 2.22. The van der Waals surface area contributed by atoms with E-state index < -0.39 is 17.5 Å². The van der Waals surface area contributed by atoms with Crippen molar-refractivity contribution in [2.45, 2.75) is 6.92 Å². The van der Waals surface area contributed by atoms with Crippen LogP contribution in [0.5, 0.6) is 0 Å². The molecule has 0 radical (unpaired) electrons. The van der Waals surface area contributed by atoms with E-state index in [1.165, 1.54) is 6.20 Å². The molecule has 1 amide bonds. The molecule has 24 heavy (non-hydrogen) atoms. The third-order valence-corrected chi connectivity index (χ3v) is 3.52. The Labute approximate surface area is 144 Å². The van der Waals surface area contributed by atoms with Gasteiger partial charge < -0.3 is 10.4 Å². The van der Waals surface area contributed by atoms with Crippen LogP contribution in [0, 0.1) is 18.6 Å². The highest BCUT2D eigenvalue weighted by atomic mass is 79.9. The van der Waals surface area contributed by atoms with Crippen LogP contribution in [0.25, 0.3) is 0 Å². The van der Waals surface area contributed by atoms with Gasteiger partial charge in [-0.15, -0.1) is 0 Å². The number of rotatable bonds is 6. The van der Waals surface area contributed by atoms with Crippen molar-refractivity contribution in [2.75, 3.05) is 18.5 Å². The number of aromatic nitrogens is 1. The van der Waals surface area contributed by atoms with E-state index in [-0.39, 0.29) is 28.9 Å². The van der Waals surface area contributed by atoms with Gasteiger partial charge in [0.1, 0.15) is 0 Å². The third-order valence-electron chi connectivity index (χ3n) is 2.95. The second-order valence-corrected chi connectivity index (χ2v) is 5.58. The molecular weight excluding hydrogens is 388 g/mol. The molecule has 1 aromatic heterocycles. The average Bonchev–Trinajstić information content (AvgIpc) is 2.57. The molecule has 0 spiro atoms. The lowest BCUT2D eigenvalue weighted by Crippen LogP contribution is -2.26. The van der Waals surface area contributed by atoms with Crippen LogP contribution in [0.2, 0.25) is 0 Å². The van der Waals surface area contributed by atoms with Crippen molar-refractivity contribution in [3.8, 4) is 0 Å². The Morgan fingerprint density at radius 2 is 2.12 bits per heavy atom. The molecule has 0 bridgehead atoms. The van der Waals surface area contributed by atoms with Gasteiger partial charge in [0.2, 0.25) is 0 Å². The zero-order chi connectivity index (χ0) is 17.7. The number of amides is 1. The van der Waals surface area contributed by atoms with Crippen LogP contribution in [-0.4, -0.2) is 29.2 Å². The highest BCUT2D eigenvalue weighted by molar-refractivity contribution is 9.10. The van der Waals surface area contributed by atoms with Crippen molar-refractivity contribution >= 4 is 33.2 Å². The second kappa shape index (κ2) is 8.13. The van der Waals surface area contributed by atoms with Gasteiger partial charge in [-0.1, -0.05) is 0 Å². The molecule has 0 fully saturated rings. The summed E-state index contributed by atoms with van der Waals surface area (Å²) in [6, 6.07) is 4.42. The standard InChI is InChI=1S/C15H14BrF2N3O3/c1-8-2-3-9(7-19-8)20-14-10(15(23)21-24-5-4-22)6-11(16)12(17)13(14)18/h2-3,6-7,20,22H,4-5H2,1H3,(H,21,23). The van der Waals surface area contributed by atoms with E-state index >= 15 is 0 Å². The first-order valence-electron chi connectivity index (χ1n) is 6.84. The number of pyridine rings is 1. The Kier molecular flexibility index (Phi) is 6.18. The topological polar surface area (TPSA) is 83.5 Å². The van der Waals surface area contributed by atoms with Gasteiger partial charge in [0.05, 0.1) is 40.8 Å². The fourth-order valence-corrected chi connectivity index (χ4v) is 2.20. The number of benzene rings is 1. The first-order valence-corrected chi connectivity index (χ1v) is 7.63. The summed E-state index contributed by atoms with van der Waals surface area (Å²) in [7, 11) is 0. The molecule has 1 aromatic carbocycles. The monoisotopic (exact) mass is 401 g/mol. The first kappa shape index (κ1) is 18.2. The van der Waals surface area contributed by atoms with Crippen molar-refractivity contribution < 1.29 is 23.5 Å². The minimum Gasteiger partial charge on any atom is -0.394 e. The van der Waals surface area contributed by atoms with Crippen LogP contribution in [0.1, 0.15) is 16.1 Å². The Morgan fingerprint density at radius 1 is 1.38 bits per heavy atom. The van der Waals surface area contributed by atoms with Gasteiger partial charge in [0.15, 0.2) is 11.6 Å². The number of hydrogen-bond acceptors (Lipinski definition) is 5. The largest absolute Gasteiger partial charge is 0.394 e. The van der Waals surface area contributed by atoms with Crippen LogP contribution >= 0.6 is 15.9 Å². The van der Waals surface area contributed by atoms with Crippen LogP contribution in [0.4, 0.5) is 20.2 Å². The molecule has 0 saturated heterocycles. The summed E-state index contributed by atoms with van der Waals surface area (Å²) >= 11 is 2.86. The van der Waals surface area contributed by atoms with E-state index in [1.54, 1.807) is 19.1 Å². The molecule has 128 valence electrons. The normalized spacial score (nSPS) is 10.5. The van der Waals surface area contributed by atoms with Gasteiger partial charge in [0.25, 0.3) is 5.91 Å². The molecule has 2 rings (SSSR count). The Morgan fingerprint density at radius 3 is 2.75 bits per heavy atom. The van der Waals surface area contributed by atoms with Crippen molar-refractivity contribution in [1.82, 2.24) is 10.5 Å². The summed E-state index contributed by atoms with van der Waals surface area (Å²) in [5, 5.41) is 11.3. The van der Waals surface area contributed by atoms with E-state index in [0.29, 0.717) is 5.69 Å². The fraction of sp³-hybridized carbons (Fsp3) is 0.200. The van der Waals surface area contributed by atoms with E-state index in [1.807, 2.05) is 5.48 Å². The molecule has 1 heterocycles. The van der Waals surface area contributed by atoms with Crippen molar-refractivity contribution in [3.63, 3.8) is 0 Å². The summed E-state index contributed by atoms with van der Waals surface area (Å²) in [5.41, 5.74) is 2.64. The van der Waals surface area contributed by atoms with Crippen molar-refractivity contribution in [1.29, 1.82) is 0 Å². The summed E-state index contributed by atoms with van der Waals surface area (Å²) in [5.74, 6) is -3.16. The maximum atomic E-state index is 14.3. The number of carbonyl (C=O) groups is 1. The van der Waals surface area contributed by atoms with Crippen molar-refractivity contribution in [3.05, 3.63) is 51.8 Å². The molecule has 0 saturated carbocycles. The van der Waals surface area contributed by atoms with Gasteiger partial charge >= 0.3 is 0 Å². The van der Waals surface area contributed by atoms with E-state index in [2.05, 4.69) is 26.2 Å². The molecule has 6 nitrogen and oxygen atoms in total. The van der Waals surface area contributed by atoms with E-state index in [0.717, 1.165) is 11.8 Å². The molecule has 9 heteroatoms. The highest BCUT2D eigenvalue weighted by Crippen LogP contribution is 2.31. The van der Waals surface area contributed by atoms with Gasteiger partial charge in [-0.05, 0) is 41.1 Å². The lowest BCUT2D eigenvalue weighted by molar-refractivity contribution is 0.0168. The van der Waals surface area contributed by atoms with E-state index in [4.69, 9.17) is 9.94 Å². The predicted octanol–water partition coefficient (Wildman–Crippen LogP) is 2.83. The lowest BCUT2D eigenvalue weighted by Gasteiger charge is -2.14. The van der Waals surface area contributed by atoms with Crippen LogP contribution in [0.3, 0.4) is 0 Å². The molecular formula is C15H14BrF2N3O3. The zero-order valence-corrected chi connectivity index (χ0v) is 14.2. The summed E-state index contributed by atoms with van der Waals surface area (Å²) in [6.45, 7) is 1.34.